The Morgan fingerprint density at radius 3 is 2.55 bits per heavy atom. The normalized spacial score (nSPS) is 16.1. The number of nitrogens with one attached hydrogen (secondary N) is 1. The van der Waals surface area contributed by atoms with E-state index in [1.807, 2.05) is 0 Å². The molecule has 1 heterocycles. The van der Waals surface area contributed by atoms with Gasteiger partial charge < -0.3 is 10.2 Å². The lowest BCUT2D eigenvalue weighted by molar-refractivity contribution is -0.144. The number of hydrogen-bond acceptors (Lipinski definition) is 2. The highest BCUT2D eigenvalue weighted by Crippen LogP contribution is 2.25. The molecule has 4 nitrogen and oxygen atoms in total. The molecular weight excluding hydrogens is 299 g/mol. The highest BCUT2D eigenvalue weighted by molar-refractivity contribution is 6.42. The summed E-state index contributed by atoms with van der Waals surface area (Å²) in [4.78, 5) is 25.6. The summed E-state index contributed by atoms with van der Waals surface area (Å²) in [6, 6.07) is 4.72. The number of nitrogens with zero attached hydrogens (tertiary/aromatic N) is 1. The monoisotopic (exact) mass is 314 g/mol. The van der Waals surface area contributed by atoms with E-state index in [2.05, 4.69) is 12.2 Å². The van der Waals surface area contributed by atoms with Crippen molar-refractivity contribution in [1.29, 1.82) is 0 Å². The summed E-state index contributed by atoms with van der Waals surface area (Å²) >= 11 is 11.8. The van der Waals surface area contributed by atoms with Crippen LogP contribution in [0.1, 0.15) is 19.8 Å². The fourth-order valence-corrected chi connectivity index (χ4v) is 2.46. The van der Waals surface area contributed by atoms with Crippen molar-refractivity contribution < 1.29 is 9.59 Å². The van der Waals surface area contributed by atoms with Crippen molar-refractivity contribution in [2.75, 3.05) is 18.4 Å². The zero-order chi connectivity index (χ0) is 14.7. The fraction of sp³-hybridized carbons (Fsp3) is 0.429. The number of likely N-dealkylation sites (tertiary alicyclic amines) is 1. The zero-order valence-electron chi connectivity index (χ0n) is 11.2. The zero-order valence-corrected chi connectivity index (χ0v) is 12.7. The largest absolute Gasteiger partial charge is 0.334 e. The number of amides is 2. The van der Waals surface area contributed by atoms with Crippen molar-refractivity contribution in [2.45, 2.75) is 19.8 Å². The molecule has 20 heavy (non-hydrogen) atoms. The number of anilines is 1. The van der Waals surface area contributed by atoms with Gasteiger partial charge in [0.15, 0.2) is 0 Å². The molecule has 108 valence electrons. The number of rotatable bonds is 1. The molecule has 0 radical (unpaired) electrons. The Labute approximate surface area is 128 Å². The van der Waals surface area contributed by atoms with Gasteiger partial charge in [0.05, 0.1) is 10.7 Å². The quantitative estimate of drug-likeness (QED) is 0.809. The highest BCUT2D eigenvalue weighted by atomic mass is 35.5. The van der Waals surface area contributed by atoms with Gasteiger partial charge in [-0.3, -0.25) is 9.59 Å². The third kappa shape index (κ3) is 3.64. The molecule has 1 aliphatic heterocycles. The number of benzene rings is 1. The molecule has 2 rings (SSSR count). The van der Waals surface area contributed by atoms with E-state index >= 15 is 0 Å². The van der Waals surface area contributed by atoms with Gasteiger partial charge in [0.1, 0.15) is 0 Å². The predicted octanol–water partition coefficient (Wildman–Crippen LogP) is 3.19. The molecule has 1 aromatic carbocycles. The lowest BCUT2D eigenvalue weighted by Crippen LogP contribution is -2.43. The van der Waals surface area contributed by atoms with Crippen LogP contribution in [0.3, 0.4) is 0 Å². The predicted molar refractivity (Wildman–Crippen MR) is 80.1 cm³/mol. The van der Waals surface area contributed by atoms with Gasteiger partial charge >= 0.3 is 11.8 Å². The number of carbonyl (C=O) groups excluding carboxylic acids is 2. The van der Waals surface area contributed by atoms with Crippen LogP contribution in [0.2, 0.25) is 10.0 Å². The average molecular weight is 315 g/mol. The van der Waals surface area contributed by atoms with Crippen LogP contribution in [0.5, 0.6) is 0 Å². The smallest absolute Gasteiger partial charge is 0.313 e. The molecule has 1 fully saturated rings. The first-order chi connectivity index (χ1) is 9.47. The van der Waals surface area contributed by atoms with E-state index in [1.165, 1.54) is 6.07 Å². The molecule has 1 saturated heterocycles. The molecular formula is C14H16Cl2N2O2. The fourth-order valence-electron chi connectivity index (χ4n) is 2.12. The minimum absolute atomic E-state index is 0.350. The van der Waals surface area contributed by atoms with Gasteiger partial charge in [-0.05, 0) is 37.0 Å². The summed E-state index contributed by atoms with van der Waals surface area (Å²) in [5.41, 5.74) is 0.350. The topological polar surface area (TPSA) is 49.4 Å². The van der Waals surface area contributed by atoms with Crippen molar-refractivity contribution in [3.05, 3.63) is 28.2 Å². The minimum Gasteiger partial charge on any atom is -0.334 e. The molecule has 2 amide bonds. The Balaban J connectivity index is 2.01. The Morgan fingerprint density at radius 2 is 1.90 bits per heavy atom. The Bertz CT molecular complexity index is 526. The van der Waals surface area contributed by atoms with E-state index in [1.54, 1.807) is 17.0 Å². The molecule has 1 aliphatic rings. The van der Waals surface area contributed by atoms with Crippen LogP contribution in [0.15, 0.2) is 18.2 Å². The Morgan fingerprint density at radius 1 is 1.25 bits per heavy atom. The van der Waals surface area contributed by atoms with Crippen molar-refractivity contribution in [3.63, 3.8) is 0 Å². The molecule has 1 aromatic rings. The summed E-state index contributed by atoms with van der Waals surface area (Å²) in [6.45, 7) is 3.39. The lowest BCUT2D eigenvalue weighted by atomic mass is 9.99. The van der Waals surface area contributed by atoms with Crippen LogP contribution in [0.4, 0.5) is 5.69 Å². The number of carbonyl (C=O) groups is 2. The third-order valence-corrected chi connectivity index (χ3v) is 4.01. The minimum atomic E-state index is -0.677. The van der Waals surface area contributed by atoms with E-state index in [0.717, 1.165) is 12.8 Å². The molecule has 0 bridgehead atoms. The van der Waals surface area contributed by atoms with E-state index in [0.29, 0.717) is 34.7 Å². The van der Waals surface area contributed by atoms with Gasteiger partial charge in [-0.15, -0.1) is 0 Å². The number of halogens is 2. The summed E-state index contributed by atoms with van der Waals surface area (Å²) in [5, 5.41) is 3.31. The lowest BCUT2D eigenvalue weighted by Gasteiger charge is -2.29. The van der Waals surface area contributed by atoms with Gasteiger partial charge in [0.2, 0.25) is 0 Å². The van der Waals surface area contributed by atoms with E-state index in [9.17, 15) is 9.59 Å². The Kier molecular flexibility index (Phi) is 4.89. The summed E-state index contributed by atoms with van der Waals surface area (Å²) in [6.07, 6.45) is 1.86. The number of hydrogen-bond donors (Lipinski definition) is 1. The van der Waals surface area contributed by atoms with Crippen molar-refractivity contribution in [2.24, 2.45) is 5.92 Å². The maximum Gasteiger partial charge on any atom is 0.313 e. The average Bonchev–Trinajstić information content (AvgIpc) is 2.43. The third-order valence-electron chi connectivity index (χ3n) is 3.44. The first-order valence-electron chi connectivity index (χ1n) is 6.52. The van der Waals surface area contributed by atoms with Crippen LogP contribution in [-0.4, -0.2) is 29.8 Å². The van der Waals surface area contributed by atoms with Gasteiger partial charge in [0.25, 0.3) is 0 Å². The second-order valence-corrected chi connectivity index (χ2v) is 5.90. The Hall–Kier alpha value is -1.26. The van der Waals surface area contributed by atoms with Crippen molar-refractivity contribution >= 4 is 40.7 Å². The van der Waals surface area contributed by atoms with Crippen LogP contribution < -0.4 is 5.32 Å². The van der Waals surface area contributed by atoms with Gasteiger partial charge in [-0.2, -0.15) is 0 Å². The summed E-state index contributed by atoms with van der Waals surface area (Å²) in [7, 11) is 0. The molecule has 0 aliphatic carbocycles. The molecule has 0 aromatic heterocycles. The van der Waals surface area contributed by atoms with Crippen molar-refractivity contribution in [3.8, 4) is 0 Å². The van der Waals surface area contributed by atoms with Crippen LogP contribution >= 0.6 is 23.2 Å². The molecule has 0 unspecified atom stereocenters. The second-order valence-electron chi connectivity index (χ2n) is 5.05. The second kappa shape index (κ2) is 6.46. The molecule has 6 heteroatoms. The van der Waals surface area contributed by atoms with Crippen LogP contribution in [0.25, 0.3) is 0 Å². The SMILES string of the molecule is CC1CCN(C(=O)C(=O)Nc2cc(Cl)ccc2Cl)CC1. The van der Waals surface area contributed by atoms with Gasteiger partial charge in [-0.1, -0.05) is 30.1 Å². The summed E-state index contributed by atoms with van der Waals surface area (Å²) in [5.74, 6) is -0.596. The molecule has 0 atom stereocenters. The van der Waals surface area contributed by atoms with Crippen LogP contribution in [-0.2, 0) is 9.59 Å². The maximum atomic E-state index is 12.0. The molecule has 0 spiro atoms. The van der Waals surface area contributed by atoms with Gasteiger partial charge in [0, 0.05) is 18.1 Å². The maximum absolute atomic E-state index is 12.0. The van der Waals surface area contributed by atoms with Gasteiger partial charge in [-0.25, -0.2) is 0 Å². The molecule has 0 saturated carbocycles. The highest BCUT2D eigenvalue weighted by Gasteiger charge is 2.25. The van der Waals surface area contributed by atoms with Crippen molar-refractivity contribution in [1.82, 2.24) is 4.90 Å². The van der Waals surface area contributed by atoms with E-state index in [4.69, 9.17) is 23.2 Å². The first-order valence-corrected chi connectivity index (χ1v) is 7.28. The van der Waals surface area contributed by atoms with Crippen LogP contribution in [0, 0.1) is 5.92 Å². The summed E-state index contributed by atoms with van der Waals surface area (Å²) < 4.78 is 0. The van der Waals surface area contributed by atoms with E-state index < -0.39 is 11.8 Å². The number of piperidine rings is 1. The van der Waals surface area contributed by atoms with E-state index in [-0.39, 0.29) is 0 Å². The first kappa shape index (κ1) is 15.1. The molecule has 1 N–H and O–H groups in total. The standard InChI is InChI=1S/C14H16Cl2N2O2/c1-9-4-6-18(7-5-9)14(20)13(19)17-12-8-10(15)2-3-11(12)16/h2-3,8-9H,4-7H2,1H3,(H,17,19).